The molecule has 0 aromatic rings. The van der Waals surface area contributed by atoms with Crippen molar-refractivity contribution in [3.8, 4) is 0 Å². The number of carboxylic acid groups (broad SMARTS) is 1. The maximum atomic E-state index is 12.9. The Labute approximate surface area is 149 Å². The third kappa shape index (κ3) is 3.13. The van der Waals surface area contributed by atoms with Gasteiger partial charge in [0.2, 0.25) is 5.88 Å². The van der Waals surface area contributed by atoms with E-state index < -0.39 is 41.7 Å². The van der Waals surface area contributed by atoms with Crippen molar-refractivity contribution >= 4 is 29.6 Å². The van der Waals surface area contributed by atoms with Crippen LogP contribution < -0.4 is 10.7 Å². The summed E-state index contributed by atoms with van der Waals surface area (Å²) in [5.74, 6) is -3.00. The fraction of sp³-hybridized carbons (Fsp3) is 0.562. The topological polar surface area (TPSA) is 119 Å². The molecule has 0 bridgehead atoms. The van der Waals surface area contributed by atoms with Gasteiger partial charge in [0.25, 0.3) is 5.91 Å². The number of aliphatic hydroxyl groups excluding tert-OH is 1. The van der Waals surface area contributed by atoms with Gasteiger partial charge < -0.3 is 15.5 Å². The minimum Gasteiger partial charge on any atom is -0.493 e. The molecule has 3 aliphatic rings. The van der Waals surface area contributed by atoms with Crippen LogP contribution >= 0.6 is 11.9 Å². The third-order valence-corrected chi connectivity index (χ3v) is 5.76. The van der Waals surface area contributed by atoms with Gasteiger partial charge in [0.15, 0.2) is 5.78 Å². The molecule has 0 spiro atoms. The Morgan fingerprint density at radius 1 is 1.44 bits per heavy atom. The normalized spacial score (nSPS) is 28.4. The summed E-state index contributed by atoms with van der Waals surface area (Å²) in [5, 5.41) is 20.9. The highest BCUT2D eigenvalue weighted by atomic mass is 32.2. The number of aliphatic carboxylic acids is 1. The average molecular weight is 367 g/mol. The molecule has 0 saturated carbocycles. The first-order chi connectivity index (χ1) is 11.6. The first kappa shape index (κ1) is 17.8. The van der Waals surface area contributed by atoms with E-state index >= 15 is 0 Å². The Bertz CT molecular complexity index is 727. The number of carbonyl (C=O) groups is 3. The molecule has 0 aromatic carbocycles. The van der Waals surface area contributed by atoms with Crippen LogP contribution in [-0.2, 0) is 14.4 Å². The van der Waals surface area contributed by atoms with Crippen LogP contribution in [-0.4, -0.2) is 44.9 Å². The van der Waals surface area contributed by atoms with Crippen LogP contribution in [0.1, 0.15) is 33.6 Å². The highest BCUT2D eigenvalue weighted by Gasteiger charge is 2.50. The zero-order valence-electron chi connectivity index (χ0n) is 14.3. The number of hydrogen-bond acceptors (Lipinski definition) is 7. The van der Waals surface area contributed by atoms with Gasteiger partial charge in [-0.05, 0) is 41.7 Å². The number of nitrogens with one attached hydrogen (secondary N) is 2. The lowest BCUT2D eigenvalue weighted by Gasteiger charge is -2.36. The van der Waals surface area contributed by atoms with Crippen LogP contribution in [0.3, 0.4) is 0 Å². The monoisotopic (exact) mass is 367 g/mol. The molecule has 136 valence electrons. The van der Waals surface area contributed by atoms with Crippen molar-refractivity contribution in [1.29, 1.82) is 0 Å². The molecule has 0 fully saturated rings. The lowest BCUT2D eigenvalue weighted by Crippen LogP contribution is -2.52. The van der Waals surface area contributed by atoms with Crippen LogP contribution in [0.5, 0.6) is 0 Å². The fourth-order valence-electron chi connectivity index (χ4n) is 3.84. The molecule has 2 aliphatic heterocycles. The average Bonchev–Trinajstić information content (AvgIpc) is 2.81. The summed E-state index contributed by atoms with van der Waals surface area (Å²) >= 11 is 1.39. The Hall–Kier alpha value is -2.00. The standard InChI is InChI=1S/C16H21N3O5S/c1-7-4-16(2,3)5-8-10(7)12-13(22)11(14(23)17-6-9(20)21)15(24)18-19(12)25-8/h7,12,18,24H,4-6H2,1-3H3,(H,17,23)(H,20,21). The minimum atomic E-state index is -1.23. The largest absolute Gasteiger partial charge is 0.493 e. The summed E-state index contributed by atoms with van der Waals surface area (Å²) in [5.41, 5.74) is 3.38. The zero-order valence-corrected chi connectivity index (χ0v) is 15.1. The van der Waals surface area contributed by atoms with Crippen LogP contribution in [0, 0.1) is 11.3 Å². The smallest absolute Gasteiger partial charge is 0.322 e. The van der Waals surface area contributed by atoms with E-state index in [4.69, 9.17) is 5.11 Å². The predicted octanol–water partition coefficient (Wildman–Crippen LogP) is 1.09. The number of carbonyl (C=O) groups excluding carboxylic acids is 2. The van der Waals surface area contributed by atoms with Crippen LogP contribution in [0.15, 0.2) is 21.9 Å². The Kier molecular flexibility index (Phi) is 4.32. The number of allylic oxidation sites excluding steroid dienone is 1. The molecule has 4 N–H and O–H groups in total. The van der Waals surface area contributed by atoms with Gasteiger partial charge in [0, 0.05) is 4.91 Å². The lowest BCUT2D eigenvalue weighted by molar-refractivity contribution is -0.138. The first-order valence-electron chi connectivity index (χ1n) is 8.05. The maximum Gasteiger partial charge on any atom is 0.322 e. The summed E-state index contributed by atoms with van der Waals surface area (Å²) in [6.07, 6.45) is 1.76. The van der Waals surface area contributed by atoms with Crippen molar-refractivity contribution in [3.63, 3.8) is 0 Å². The van der Waals surface area contributed by atoms with Crippen LogP contribution in [0.4, 0.5) is 0 Å². The number of nitrogens with zero attached hydrogens (tertiary/aromatic N) is 1. The third-order valence-electron chi connectivity index (χ3n) is 4.66. The number of aliphatic hydroxyl groups is 1. The molecule has 0 saturated heterocycles. The zero-order chi connectivity index (χ0) is 18.5. The van der Waals surface area contributed by atoms with E-state index in [1.165, 1.54) is 11.9 Å². The van der Waals surface area contributed by atoms with Crippen molar-refractivity contribution in [1.82, 2.24) is 15.2 Å². The molecule has 2 unspecified atom stereocenters. The summed E-state index contributed by atoms with van der Waals surface area (Å²) in [4.78, 5) is 36.8. The van der Waals surface area contributed by atoms with Crippen LogP contribution in [0.2, 0.25) is 0 Å². The number of Topliss-reactive ketones (excluding diaryl/α,β-unsaturated/α-hetero) is 1. The van der Waals surface area contributed by atoms with E-state index in [0.29, 0.717) is 0 Å². The number of rotatable bonds is 3. The van der Waals surface area contributed by atoms with Gasteiger partial charge in [-0.25, -0.2) is 0 Å². The van der Waals surface area contributed by atoms with Gasteiger partial charge in [-0.1, -0.05) is 20.8 Å². The summed E-state index contributed by atoms with van der Waals surface area (Å²) in [6.45, 7) is 5.81. The molecule has 3 rings (SSSR count). The van der Waals surface area contributed by atoms with Gasteiger partial charge in [-0.15, -0.1) is 4.41 Å². The number of ketones is 1. The van der Waals surface area contributed by atoms with E-state index in [1.807, 2.05) is 0 Å². The second-order valence-corrected chi connectivity index (χ2v) is 8.49. The van der Waals surface area contributed by atoms with Crippen molar-refractivity contribution < 1.29 is 24.6 Å². The van der Waals surface area contributed by atoms with Crippen molar-refractivity contribution in [2.75, 3.05) is 6.54 Å². The van der Waals surface area contributed by atoms with E-state index in [0.717, 1.165) is 23.3 Å². The number of hydrogen-bond donors (Lipinski definition) is 4. The van der Waals surface area contributed by atoms with Gasteiger partial charge in [-0.2, -0.15) is 0 Å². The molecular weight excluding hydrogens is 346 g/mol. The molecule has 8 nitrogen and oxygen atoms in total. The molecule has 1 amide bonds. The SMILES string of the molecule is CC1CC(C)(C)CC2=C1C1C(=O)C(C(=O)NCC(=O)O)=C(O)NN1S2. The van der Waals surface area contributed by atoms with Gasteiger partial charge in [0.05, 0.1) is 0 Å². The molecule has 0 radical (unpaired) electrons. The van der Waals surface area contributed by atoms with E-state index in [-0.39, 0.29) is 11.3 Å². The lowest BCUT2D eigenvalue weighted by atomic mass is 9.70. The van der Waals surface area contributed by atoms with E-state index in [9.17, 15) is 19.5 Å². The van der Waals surface area contributed by atoms with Crippen molar-refractivity contribution in [2.45, 2.75) is 39.7 Å². The number of fused-ring (bicyclic) bond motifs is 2. The second-order valence-electron chi connectivity index (χ2n) is 7.42. The highest BCUT2D eigenvalue weighted by molar-refractivity contribution is 8.01. The first-order valence-corrected chi connectivity index (χ1v) is 8.82. The van der Waals surface area contributed by atoms with Crippen molar-refractivity contribution in [3.05, 3.63) is 21.9 Å². The maximum absolute atomic E-state index is 12.9. The Morgan fingerprint density at radius 3 is 2.76 bits per heavy atom. The Balaban J connectivity index is 1.89. The molecule has 2 heterocycles. The Morgan fingerprint density at radius 2 is 2.12 bits per heavy atom. The molecule has 2 atom stereocenters. The van der Waals surface area contributed by atoms with Gasteiger partial charge in [-0.3, -0.25) is 19.8 Å². The predicted molar refractivity (Wildman–Crippen MR) is 90.9 cm³/mol. The highest BCUT2D eigenvalue weighted by Crippen LogP contribution is 2.53. The quantitative estimate of drug-likeness (QED) is 0.432. The molecular formula is C16H21N3O5S. The van der Waals surface area contributed by atoms with Gasteiger partial charge >= 0.3 is 5.97 Å². The van der Waals surface area contributed by atoms with E-state index in [2.05, 4.69) is 31.5 Å². The summed E-state index contributed by atoms with van der Waals surface area (Å²) in [6, 6.07) is -0.660. The molecule has 9 heteroatoms. The second kappa shape index (κ2) is 6.06. The van der Waals surface area contributed by atoms with E-state index in [1.54, 1.807) is 4.41 Å². The number of hydrazine groups is 1. The summed E-state index contributed by atoms with van der Waals surface area (Å²) < 4.78 is 1.58. The summed E-state index contributed by atoms with van der Waals surface area (Å²) in [7, 11) is 0. The number of amides is 1. The minimum absolute atomic E-state index is 0.125. The molecule has 1 aliphatic carbocycles. The van der Waals surface area contributed by atoms with Crippen LogP contribution in [0.25, 0.3) is 0 Å². The van der Waals surface area contributed by atoms with Gasteiger partial charge in [0.1, 0.15) is 18.2 Å². The molecule has 25 heavy (non-hydrogen) atoms. The molecule has 0 aromatic heterocycles. The number of carboxylic acids is 1. The fourth-order valence-corrected chi connectivity index (χ4v) is 5.40. The van der Waals surface area contributed by atoms with Crippen molar-refractivity contribution in [2.24, 2.45) is 11.3 Å².